The summed E-state index contributed by atoms with van der Waals surface area (Å²) in [5.41, 5.74) is 0.648. The van der Waals surface area contributed by atoms with Crippen LogP contribution < -0.4 is 9.47 Å². The van der Waals surface area contributed by atoms with Gasteiger partial charge in [-0.25, -0.2) is 4.98 Å². The van der Waals surface area contributed by atoms with Crippen molar-refractivity contribution in [2.75, 3.05) is 7.11 Å². The van der Waals surface area contributed by atoms with Crippen LogP contribution in [0.2, 0.25) is 0 Å². The van der Waals surface area contributed by atoms with Crippen molar-refractivity contribution < 1.29 is 14.6 Å². The molecule has 0 aliphatic heterocycles. The molecule has 4 heteroatoms. The van der Waals surface area contributed by atoms with E-state index in [-0.39, 0.29) is 6.61 Å². The summed E-state index contributed by atoms with van der Waals surface area (Å²) in [6, 6.07) is 10.7. The first-order valence-electron chi connectivity index (χ1n) is 5.20. The number of aromatic nitrogens is 1. The molecule has 1 heterocycles. The average Bonchev–Trinajstić information content (AvgIpc) is 2.39. The van der Waals surface area contributed by atoms with Crippen LogP contribution in [0.1, 0.15) is 5.56 Å². The molecular formula is C13H13NO3. The molecule has 2 aromatic rings. The zero-order valence-electron chi connectivity index (χ0n) is 9.46. The normalized spacial score (nSPS) is 10.0. The topological polar surface area (TPSA) is 51.6 Å². The number of benzene rings is 1. The first kappa shape index (κ1) is 11.4. The van der Waals surface area contributed by atoms with Crippen LogP contribution in [0.5, 0.6) is 17.4 Å². The van der Waals surface area contributed by atoms with Gasteiger partial charge in [-0.05, 0) is 24.3 Å². The lowest BCUT2D eigenvalue weighted by Gasteiger charge is -2.08. The number of hydrogen-bond donors (Lipinski definition) is 1. The monoisotopic (exact) mass is 231 g/mol. The maximum atomic E-state index is 9.15. The predicted octanol–water partition coefficient (Wildman–Crippen LogP) is 2.37. The standard InChI is InChI=1S/C13H13NO3/c1-16-11-5-2-6-12(8-11)17-13-10(9-15)4-3-7-14-13/h2-8,15H,9H2,1H3. The van der Waals surface area contributed by atoms with E-state index in [2.05, 4.69) is 4.98 Å². The highest BCUT2D eigenvalue weighted by Crippen LogP contribution is 2.25. The smallest absolute Gasteiger partial charge is 0.224 e. The van der Waals surface area contributed by atoms with Crippen LogP contribution in [0.3, 0.4) is 0 Å². The quantitative estimate of drug-likeness (QED) is 0.877. The Morgan fingerprint density at radius 2 is 2.00 bits per heavy atom. The number of aliphatic hydroxyl groups is 1. The van der Waals surface area contributed by atoms with Crippen molar-refractivity contribution in [1.29, 1.82) is 0 Å². The summed E-state index contributed by atoms with van der Waals surface area (Å²) in [5.74, 6) is 1.74. The maximum absolute atomic E-state index is 9.15. The fourth-order valence-corrected chi connectivity index (χ4v) is 1.41. The molecule has 17 heavy (non-hydrogen) atoms. The minimum atomic E-state index is -0.104. The van der Waals surface area contributed by atoms with E-state index in [0.29, 0.717) is 22.9 Å². The van der Waals surface area contributed by atoms with Gasteiger partial charge in [0.2, 0.25) is 5.88 Å². The second-order valence-corrected chi connectivity index (χ2v) is 3.41. The molecule has 0 aliphatic carbocycles. The van der Waals surface area contributed by atoms with Crippen molar-refractivity contribution >= 4 is 0 Å². The van der Waals surface area contributed by atoms with Crippen molar-refractivity contribution in [3.05, 3.63) is 48.2 Å². The van der Waals surface area contributed by atoms with Crippen LogP contribution >= 0.6 is 0 Å². The highest BCUT2D eigenvalue weighted by atomic mass is 16.5. The van der Waals surface area contributed by atoms with Crippen LogP contribution in [0.4, 0.5) is 0 Å². The van der Waals surface area contributed by atoms with Gasteiger partial charge in [0, 0.05) is 17.8 Å². The Morgan fingerprint density at radius 3 is 2.76 bits per heavy atom. The van der Waals surface area contributed by atoms with Gasteiger partial charge in [0.25, 0.3) is 0 Å². The number of rotatable bonds is 4. The number of methoxy groups -OCH3 is 1. The van der Waals surface area contributed by atoms with Crippen molar-refractivity contribution in [2.45, 2.75) is 6.61 Å². The number of nitrogens with zero attached hydrogens (tertiary/aromatic N) is 1. The Labute approximate surface area is 99.5 Å². The lowest BCUT2D eigenvalue weighted by molar-refractivity contribution is 0.275. The number of pyridine rings is 1. The first-order chi connectivity index (χ1) is 8.33. The Morgan fingerprint density at radius 1 is 1.18 bits per heavy atom. The van der Waals surface area contributed by atoms with Gasteiger partial charge in [0.15, 0.2) is 0 Å². The molecule has 0 radical (unpaired) electrons. The second kappa shape index (κ2) is 5.32. The van der Waals surface area contributed by atoms with E-state index < -0.39 is 0 Å². The number of hydrogen-bond acceptors (Lipinski definition) is 4. The van der Waals surface area contributed by atoms with Gasteiger partial charge in [-0.3, -0.25) is 0 Å². The molecule has 0 fully saturated rings. The van der Waals surface area contributed by atoms with Gasteiger partial charge in [0.1, 0.15) is 11.5 Å². The summed E-state index contributed by atoms with van der Waals surface area (Å²) in [7, 11) is 1.60. The molecule has 88 valence electrons. The summed E-state index contributed by atoms with van der Waals surface area (Å²) in [6.07, 6.45) is 1.62. The molecule has 0 atom stereocenters. The molecule has 1 N–H and O–H groups in total. The van der Waals surface area contributed by atoms with E-state index >= 15 is 0 Å². The third-order valence-electron chi connectivity index (χ3n) is 2.28. The molecule has 0 amide bonds. The Balaban J connectivity index is 2.24. The number of ether oxygens (including phenoxy) is 2. The van der Waals surface area contributed by atoms with Crippen LogP contribution in [-0.2, 0) is 6.61 Å². The molecule has 1 aromatic heterocycles. The molecule has 2 rings (SSSR count). The van der Waals surface area contributed by atoms with E-state index in [1.807, 2.05) is 12.1 Å². The summed E-state index contributed by atoms with van der Waals surface area (Å²) < 4.78 is 10.7. The summed E-state index contributed by atoms with van der Waals surface area (Å²) in [5, 5.41) is 9.15. The fourth-order valence-electron chi connectivity index (χ4n) is 1.41. The zero-order valence-corrected chi connectivity index (χ0v) is 9.46. The van der Waals surface area contributed by atoms with E-state index in [0.717, 1.165) is 0 Å². The van der Waals surface area contributed by atoms with Crippen LogP contribution in [0.25, 0.3) is 0 Å². The summed E-state index contributed by atoms with van der Waals surface area (Å²) >= 11 is 0. The average molecular weight is 231 g/mol. The van der Waals surface area contributed by atoms with E-state index in [4.69, 9.17) is 14.6 Å². The molecule has 0 aliphatic rings. The molecule has 0 saturated heterocycles. The molecule has 1 aromatic carbocycles. The maximum Gasteiger partial charge on any atom is 0.224 e. The van der Waals surface area contributed by atoms with Crippen LogP contribution in [0, 0.1) is 0 Å². The van der Waals surface area contributed by atoms with Gasteiger partial charge in [0.05, 0.1) is 13.7 Å². The Kier molecular flexibility index (Phi) is 3.57. The lowest BCUT2D eigenvalue weighted by Crippen LogP contribution is -1.94. The summed E-state index contributed by atoms with van der Waals surface area (Å²) in [6.45, 7) is -0.104. The van der Waals surface area contributed by atoms with Crippen molar-refractivity contribution in [3.63, 3.8) is 0 Å². The molecule has 0 spiro atoms. The van der Waals surface area contributed by atoms with Crippen molar-refractivity contribution in [1.82, 2.24) is 4.98 Å². The van der Waals surface area contributed by atoms with Crippen molar-refractivity contribution in [2.24, 2.45) is 0 Å². The van der Waals surface area contributed by atoms with Gasteiger partial charge >= 0.3 is 0 Å². The summed E-state index contributed by atoms with van der Waals surface area (Å²) in [4.78, 5) is 4.08. The van der Waals surface area contributed by atoms with Crippen LogP contribution in [0.15, 0.2) is 42.6 Å². The molecule has 0 unspecified atom stereocenters. The van der Waals surface area contributed by atoms with E-state index in [1.54, 1.807) is 37.6 Å². The third-order valence-corrected chi connectivity index (χ3v) is 2.28. The van der Waals surface area contributed by atoms with Crippen molar-refractivity contribution in [3.8, 4) is 17.4 Å². The lowest BCUT2D eigenvalue weighted by atomic mass is 10.3. The predicted molar refractivity (Wildman–Crippen MR) is 63.2 cm³/mol. The third kappa shape index (κ3) is 2.73. The van der Waals surface area contributed by atoms with Gasteiger partial charge in [-0.1, -0.05) is 6.07 Å². The van der Waals surface area contributed by atoms with E-state index in [9.17, 15) is 0 Å². The van der Waals surface area contributed by atoms with Gasteiger partial charge in [-0.2, -0.15) is 0 Å². The number of aliphatic hydroxyl groups excluding tert-OH is 1. The fraction of sp³-hybridized carbons (Fsp3) is 0.154. The van der Waals surface area contributed by atoms with E-state index in [1.165, 1.54) is 0 Å². The Bertz CT molecular complexity index is 500. The molecular weight excluding hydrogens is 218 g/mol. The Hall–Kier alpha value is -2.07. The first-order valence-corrected chi connectivity index (χ1v) is 5.20. The largest absolute Gasteiger partial charge is 0.497 e. The molecule has 4 nitrogen and oxygen atoms in total. The van der Waals surface area contributed by atoms with Gasteiger partial charge < -0.3 is 14.6 Å². The van der Waals surface area contributed by atoms with Gasteiger partial charge in [-0.15, -0.1) is 0 Å². The highest BCUT2D eigenvalue weighted by molar-refractivity contribution is 5.36. The highest BCUT2D eigenvalue weighted by Gasteiger charge is 2.05. The zero-order chi connectivity index (χ0) is 12.1. The second-order valence-electron chi connectivity index (χ2n) is 3.41. The minimum absolute atomic E-state index is 0.104. The SMILES string of the molecule is COc1cccc(Oc2ncccc2CO)c1. The molecule has 0 saturated carbocycles. The molecule has 0 bridgehead atoms. The van der Waals surface area contributed by atoms with Crippen LogP contribution in [-0.4, -0.2) is 17.2 Å². The minimum Gasteiger partial charge on any atom is -0.497 e.